The number of ether oxygens (including phenoxy) is 3. The Morgan fingerprint density at radius 1 is 0.609 bits per heavy atom. The fraction of sp³-hybridized carbons (Fsp3) is 0.408. The maximum absolute atomic E-state index is 12.1. The minimum absolute atomic E-state index is 0. The average Bonchev–Trinajstić information content (AvgIpc) is 1.31. The summed E-state index contributed by atoms with van der Waals surface area (Å²) in [6.07, 6.45) is 25.5. The quantitative estimate of drug-likeness (QED) is 0.00879. The number of carbonyl (C=O) groups is 2. The van der Waals surface area contributed by atoms with Gasteiger partial charge >= 0.3 is 78.6 Å². The van der Waals surface area contributed by atoms with E-state index in [4.69, 9.17) is 14.2 Å². The smallest absolute Gasteiger partial charge is 1.00 e. The third-order valence-corrected chi connectivity index (χ3v) is 26.6. The Labute approximate surface area is 827 Å². The van der Waals surface area contributed by atoms with Crippen molar-refractivity contribution in [2.24, 2.45) is 15.8 Å². The Morgan fingerprint density at radius 2 is 1.13 bits per heavy atom. The Kier molecular flexibility index (Phi) is 41.5. The first-order valence-corrected chi connectivity index (χ1v) is 49.2. The molecule has 12 rings (SSSR count). The summed E-state index contributed by atoms with van der Waals surface area (Å²) in [5.41, 5.74) is 13.1. The van der Waals surface area contributed by atoms with Crippen LogP contribution in [0, 0.1) is 10.8 Å². The van der Waals surface area contributed by atoms with Crippen LogP contribution < -0.4 is 98.7 Å². The van der Waals surface area contributed by atoms with Crippen LogP contribution in [0.4, 0.5) is 41.4 Å². The predicted octanol–water partition coefficient (Wildman–Crippen LogP) is 9.11. The largest absolute Gasteiger partial charge is 1.00 e. The van der Waals surface area contributed by atoms with Crippen LogP contribution in [0.5, 0.6) is 11.5 Å². The molecule has 0 aromatic heterocycles. The van der Waals surface area contributed by atoms with Gasteiger partial charge in [0.1, 0.15) is 62.9 Å². The SMILES string of the molecule is C(/C=C/Nc1ccccc1)=Nc1ccccc1.CCN1c2cc3c(cc2C(C)=CC1(C)C)/C(=C/C=C/C=C/C1=[N+](CCCS(=O)(=O)[O-])c2ccc(S(=O)(=O)[O-])cc2C1(C)CCCC(=O)O)C=C(C(C)(C)C)O3.CCOC(=O)CCCC1(C)C(C)=[N+](CCCS(=O)(=O)[O-])c2ccc(S(=O)(=O)[O-])cc21.CC[N+]1=c2cc3c(cc2C(C)=CC1(C)C)=C(C)C=C(C(C)(C)C)O3.FB(F)F.[F-].[Na+].[Na+]. The van der Waals surface area contributed by atoms with Crippen molar-refractivity contribution in [3.8, 4) is 11.5 Å². The van der Waals surface area contributed by atoms with Gasteiger partial charge in [-0.1, -0.05) is 108 Å². The number of nitrogens with zero attached hydrogens (tertiary/aromatic N) is 5. The second-order valence-electron chi connectivity index (χ2n) is 36.0. The zero-order chi connectivity index (χ0) is 96.7. The van der Waals surface area contributed by atoms with Crippen molar-refractivity contribution in [2.75, 3.05) is 54.5 Å². The van der Waals surface area contributed by atoms with E-state index < -0.39 is 81.2 Å². The van der Waals surface area contributed by atoms with Crippen molar-refractivity contribution < 1.29 is 167 Å². The van der Waals surface area contributed by atoms with Gasteiger partial charge in [-0.05, 0) is 202 Å². The van der Waals surface area contributed by atoms with Crippen molar-refractivity contribution in [3.63, 3.8) is 0 Å². The predicted molar refractivity (Wildman–Crippen MR) is 506 cm³/mol. The molecule has 6 aromatic rings. The van der Waals surface area contributed by atoms with Crippen LogP contribution in [0.1, 0.15) is 211 Å². The number of hydrogen-bond acceptors (Lipinski definition) is 20. The van der Waals surface area contributed by atoms with Crippen molar-refractivity contribution in [3.05, 3.63) is 238 Å². The van der Waals surface area contributed by atoms with Crippen molar-refractivity contribution >= 4 is 128 Å². The van der Waals surface area contributed by atoms with Gasteiger partial charge in [0, 0.05) is 156 Å². The molecule has 6 heterocycles. The van der Waals surface area contributed by atoms with Gasteiger partial charge in [0.2, 0.25) is 16.7 Å². The molecule has 2 N–H and O–H groups in total. The average molecular weight is 1930 g/mol. The number of nitrogens with one attached hydrogen (secondary N) is 1. The van der Waals surface area contributed by atoms with Gasteiger partial charge in [0.05, 0.1) is 64.8 Å². The van der Waals surface area contributed by atoms with Crippen LogP contribution in [0.3, 0.4) is 0 Å². The summed E-state index contributed by atoms with van der Waals surface area (Å²) in [4.78, 5) is 29.1. The molecule has 708 valence electrons. The third-order valence-electron chi connectivity index (χ3n) is 23.3. The van der Waals surface area contributed by atoms with Gasteiger partial charge in [-0.15, -0.1) is 0 Å². The molecule has 0 bridgehead atoms. The summed E-state index contributed by atoms with van der Waals surface area (Å²) < 4.78 is 191. The number of aliphatic carboxylic acids is 1. The topological polar surface area (TPSA) is 348 Å². The molecule has 0 amide bonds. The van der Waals surface area contributed by atoms with Gasteiger partial charge < -0.3 is 52.4 Å². The molecule has 24 nitrogen and oxygen atoms in total. The molecular weight excluding hydrogens is 1810 g/mol. The fourth-order valence-corrected chi connectivity index (χ4v) is 19.0. The number of carbonyl (C=O) groups excluding carboxylic acids is 1. The number of carboxylic acids is 1. The van der Waals surface area contributed by atoms with Gasteiger partial charge in [0.25, 0.3) is 0 Å². The third kappa shape index (κ3) is 31.0. The monoisotopic (exact) mass is 1930 g/mol. The maximum Gasteiger partial charge on any atom is 1.00 e. The molecule has 0 fully saturated rings. The van der Waals surface area contributed by atoms with Gasteiger partial charge in [-0.25, -0.2) is 38.2 Å². The number of carboxylic acid groups (broad SMARTS) is 1. The van der Waals surface area contributed by atoms with E-state index in [-0.39, 0.29) is 148 Å². The fourth-order valence-electron chi connectivity index (χ4n) is 17.0. The van der Waals surface area contributed by atoms with Crippen LogP contribution in [0.25, 0.3) is 22.3 Å². The summed E-state index contributed by atoms with van der Waals surface area (Å²) >= 11 is 0. The molecular formula is C98H121BF4N6Na2O18S4. The standard InChI is InChI=1S/C42H52N2O9S2.C22H30NO.C19H27NO8S2.C15H14N2.BF3.FH.2Na/c1-9-44-35-26-36-32(25-31(35)28(2)27-41(44,6)7)29(23-38(53-36)40(3,4)5)15-11-10-12-16-37-42(8,20-13-17-39(45)46)33-24-30(55(50,51)52)18-19-34(33)43(37)21-14-22-54(47,48)49;1-9-23-18-12-19-17(11-16(18)15(3)13-22(23,7)8)14(2)10-20(24-19)21(4,5)6;1-4-28-18(21)7-5-10-19(3)14(2)20(11-6-12-29(22,23)24)17-9-8-15(13-16(17)19)30(25,26)27;1-3-8-14(9-4-1)16-12-7-13-17-15-10-5-2-6-11-15;2-1(3)4;;;/h10-12,15-16,18-19,23-27H,9,13-14,17,20-22H2,1-8H3,(H2-,45,46,47,48,49,50,51,52);10-13H,9H2,1-8H3;8-9,13H,4-7,10-12H2,1-3H3,(H-,22,23,24,25,26,27);1-13,16H;;1H;;/q;+1;;;;;2*+1/p-3/b;;;12-7+,17-13?;;;;. The first kappa shape index (κ1) is 115. The summed E-state index contributed by atoms with van der Waals surface area (Å²) in [6.45, 7) is 42.5. The Hall–Kier alpha value is -8.52. The zero-order valence-electron chi connectivity index (χ0n) is 79.9. The van der Waals surface area contributed by atoms with Crippen LogP contribution in [-0.4, -0.2) is 159 Å². The van der Waals surface area contributed by atoms with E-state index in [2.05, 4.69) is 172 Å². The molecule has 6 aliphatic rings. The van der Waals surface area contributed by atoms with E-state index in [1.54, 1.807) is 13.1 Å². The Bertz CT molecular complexity index is 6240. The van der Waals surface area contributed by atoms with E-state index in [0.29, 0.717) is 47.5 Å². The number of allylic oxidation sites excluding steroid dienone is 13. The van der Waals surface area contributed by atoms with Crippen LogP contribution >= 0.6 is 0 Å². The van der Waals surface area contributed by atoms with Crippen LogP contribution in [-0.2, 0) is 65.6 Å². The molecule has 0 aliphatic carbocycles. The minimum atomic E-state index is -4.81. The molecule has 6 aromatic carbocycles. The molecule has 2 atom stereocenters. The molecule has 0 spiro atoms. The van der Waals surface area contributed by atoms with Gasteiger partial charge in [0.15, 0.2) is 17.0 Å². The summed E-state index contributed by atoms with van der Waals surface area (Å²) in [6, 6.07) is 36.8. The number of para-hydroxylation sites is 2. The summed E-state index contributed by atoms with van der Waals surface area (Å²) in [7, 11) is -22.0. The van der Waals surface area contributed by atoms with Crippen molar-refractivity contribution in [2.45, 2.75) is 215 Å². The normalized spacial score (nSPS) is 17.8. The number of aliphatic imine (C=N–C) groups is 1. The number of likely N-dealkylation sites (N-methyl/N-ethyl adjacent to an activating group) is 2. The minimum Gasteiger partial charge on any atom is -1.00 e. The molecule has 0 saturated heterocycles. The number of rotatable bonds is 28. The molecule has 133 heavy (non-hydrogen) atoms. The van der Waals surface area contributed by atoms with E-state index >= 15 is 0 Å². The first-order chi connectivity index (χ1) is 60.5. The van der Waals surface area contributed by atoms with Crippen LogP contribution in [0.15, 0.2) is 215 Å². The molecule has 6 aliphatic heterocycles. The molecule has 0 saturated carbocycles. The van der Waals surface area contributed by atoms with Crippen LogP contribution in [0.2, 0.25) is 0 Å². The number of anilines is 2. The number of esters is 1. The Morgan fingerprint density at radius 3 is 1.66 bits per heavy atom. The Balaban J connectivity index is 0.000000337. The van der Waals surface area contributed by atoms with E-state index in [0.717, 1.165) is 75.6 Å². The number of hydrogen-bond donors (Lipinski definition) is 2. The number of benzene rings is 6. The van der Waals surface area contributed by atoms with Crippen molar-refractivity contribution in [1.29, 1.82) is 0 Å². The molecule has 0 radical (unpaired) electrons. The summed E-state index contributed by atoms with van der Waals surface area (Å²) in [5.74, 6) is 1.20. The summed E-state index contributed by atoms with van der Waals surface area (Å²) in [5, 5.41) is 15.1. The number of halogens is 4. The van der Waals surface area contributed by atoms with E-state index in [1.165, 1.54) is 69.3 Å². The van der Waals surface area contributed by atoms with E-state index in [1.807, 2.05) is 133 Å². The molecule has 35 heteroatoms. The second-order valence-corrected chi connectivity index (χ2v) is 41.8. The maximum atomic E-state index is 12.1. The van der Waals surface area contributed by atoms with E-state index in [9.17, 15) is 79.5 Å². The van der Waals surface area contributed by atoms with Gasteiger partial charge in [-0.3, -0.25) is 27.5 Å². The first-order valence-electron chi connectivity index (χ1n) is 43.2. The van der Waals surface area contributed by atoms with Gasteiger partial charge in [-0.2, -0.15) is 9.15 Å². The second kappa shape index (κ2) is 48.0. The molecule has 2 unspecified atom stereocenters. The van der Waals surface area contributed by atoms with Crippen molar-refractivity contribution in [1.82, 2.24) is 4.58 Å². The number of fused-ring (bicyclic) bond motifs is 6. The zero-order valence-corrected chi connectivity index (χ0v) is 87.2.